The molecule has 19 heavy (non-hydrogen) atoms. The number of rotatable bonds is 4. The normalized spacial score (nSPS) is 10.7. The molecule has 0 N–H and O–H groups in total. The third-order valence-electron chi connectivity index (χ3n) is 2.62. The molecule has 0 atom stereocenters. The highest BCUT2D eigenvalue weighted by Crippen LogP contribution is 2.31. The largest absolute Gasteiger partial charge is 0.329 e. The summed E-state index contributed by atoms with van der Waals surface area (Å²) < 4.78 is 2.32. The van der Waals surface area contributed by atoms with Crippen LogP contribution in [0.1, 0.15) is 19.0 Å². The van der Waals surface area contributed by atoms with E-state index in [1.807, 2.05) is 19.1 Å². The molecule has 0 spiro atoms. The zero-order valence-electron chi connectivity index (χ0n) is 10.1. The molecule has 0 saturated heterocycles. The average Bonchev–Trinajstić information content (AvgIpc) is 2.68. The Bertz CT molecular complexity index is 610. The molecule has 0 aliphatic heterocycles. The summed E-state index contributed by atoms with van der Waals surface area (Å²) >= 11 is 9.42. The van der Waals surface area contributed by atoms with Gasteiger partial charge in [-0.2, -0.15) is 5.10 Å². The van der Waals surface area contributed by atoms with Gasteiger partial charge in [0.1, 0.15) is 5.69 Å². The molecule has 0 fully saturated rings. The number of nitrogens with zero attached hydrogens (tertiary/aromatic N) is 3. The van der Waals surface area contributed by atoms with Crippen molar-refractivity contribution in [2.24, 2.45) is 0 Å². The Kier molecular flexibility index (Phi) is 4.21. The summed E-state index contributed by atoms with van der Waals surface area (Å²) in [5, 5.41) is 15.4. The Labute approximate surface area is 123 Å². The molecule has 1 heterocycles. The molecule has 2 aromatic rings. The Balaban J connectivity index is 2.55. The summed E-state index contributed by atoms with van der Waals surface area (Å²) in [4.78, 5) is 10.6. The molecule has 0 aliphatic carbocycles. The lowest BCUT2D eigenvalue weighted by molar-refractivity contribution is -0.385. The van der Waals surface area contributed by atoms with Crippen LogP contribution in [0.25, 0.3) is 5.69 Å². The highest BCUT2D eigenvalue weighted by atomic mass is 79.9. The van der Waals surface area contributed by atoms with Crippen molar-refractivity contribution in [3.63, 3.8) is 0 Å². The van der Waals surface area contributed by atoms with Crippen LogP contribution in [0, 0.1) is 10.1 Å². The first kappa shape index (κ1) is 14.0. The van der Waals surface area contributed by atoms with Crippen LogP contribution in [0.2, 0.25) is 5.15 Å². The lowest BCUT2D eigenvalue weighted by Crippen LogP contribution is -1.97. The first-order valence-electron chi connectivity index (χ1n) is 5.72. The van der Waals surface area contributed by atoms with Gasteiger partial charge in [-0.3, -0.25) is 10.1 Å². The van der Waals surface area contributed by atoms with Crippen molar-refractivity contribution < 1.29 is 4.92 Å². The van der Waals surface area contributed by atoms with Crippen LogP contribution in [0.5, 0.6) is 0 Å². The smallest absolute Gasteiger partial charge is 0.258 e. The fourth-order valence-corrected chi connectivity index (χ4v) is 2.35. The fraction of sp³-hybridized carbons (Fsp3) is 0.250. The van der Waals surface area contributed by atoms with E-state index in [9.17, 15) is 10.1 Å². The van der Waals surface area contributed by atoms with Crippen LogP contribution < -0.4 is 0 Å². The minimum Gasteiger partial charge on any atom is -0.258 e. The Morgan fingerprint density at radius 1 is 1.42 bits per heavy atom. The van der Waals surface area contributed by atoms with E-state index in [2.05, 4.69) is 21.0 Å². The van der Waals surface area contributed by atoms with Gasteiger partial charge in [0, 0.05) is 4.47 Å². The number of halogens is 2. The molecule has 5 nitrogen and oxygen atoms in total. The lowest BCUT2D eigenvalue weighted by Gasteiger charge is -2.01. The molecule has 1 aromatic heterocycles. The zero-order valence-corrected chi connectivity index (χ0v) is 12.5. The third-order valence-corrected chi connectivity index (χ3v) is 3.48. The number of benzene rings is 1. The van der Waals surface area contributed by atoms with Crippen molar-refractivity contribution in [3.8, 4) is 5.69 Å². The van der Waals surface area contributed by atoms with Crippen LogP contribution in [0.15, 0.2) is 28.7 Å². The minimum atomic E-state index is -0.477. The van der Waals surface area contributed by atoms with Gasteiger partial charge in [0.2, 0.25) is 5.15 Å². The summed E-state index contributed by atoms with van der Waals surface area (Å²) in [5.74, 6) is 0. The number of aromatic nitrogens is 2. The predicted molar refractivity (Wildman–Crippen MR) is 76.9 cm³/mol. The van der Waals surface area contributed by atoms with Gasteiger partial charge in [-0.1, -0.05) is 40.9 Å². The highest BCUT2D eigenvalue weighted by Gasteiger charge is 2.26. The van der Waals surface area contributed by atoms with Gasteiger partial charge in [0.05, 0.1) is 10.6 Å². The third kappa shape index (κ3) is 2.79. The summed E-state index contributed by atoms with van der Waals surface area (Å²) in [5.41, 5.74) is 1.01. The second-order valence-electron chi connectivity index (χ2n) is 3.98. The predicted octanol–water partition coefficient (Wildman–Crippen LogP) is 4.15. The van der Waals surface area contributed by atoms with Crippen LogP contribution >= 0.6 is 27.5 Å². The maximum Gasteiger partial charge on any atom is 0.329 e. The maximum atomic E-state index is 11.1. The van der Waals surface area contributed by atoms with E-state index in [0.29, 0.717) is 17.8 Å². The summed E-state index contributed by atoms with van der Waals surface area (Å²) in [7, 11) is 0. The quantitative estimate of drug-likeness (QED) is 0.618. The van der Waals surface area contributed by atoms with Gasteiger partial charge in [-0.25, -0.2) is 4.68 Å². The van der Waals surface area contributed by atoms with E-state index in [4.69, 9.17) is 11.6 Å². The fourth-order valence-electron chi connectivity index (χ4n) is 1.77. The first-order chi connectivity index (χ1) is 9.04. The second-order valence-corrected chi connectivity index (χ2v) is 5.26. The first-order valence-corrected chi connectivity index (χ1v) is 6.89. The topological polar surface area (TPSA) is 61.0 Å². The molecule has 0 bridgehead atoms. The lowest BCUT2D eigenvalue weighted by atomic mass is 10.2. The van der Waals surface area contributed by atoms with E-state index < -0.39 is 4.92 Å². The van der Waals surface area contributed by atoms with Crippen LogP contribution in [-0.4, -0.2) is 14.7 Å². The molecular formula is C12H11BrClN3O2. The molecule has 0 saturated carbocycles. The maximum absolute atomic E-state index is 11.1. The van der Waals surface area contributed by atoms with Crippen molar-refractivity contribution in [2.45, 2.75) is 19.8 Å². The summed E-state index contributed by atoms with van der Waals surface area (Å²) in [6.07, 6.45) is 1.30. The molecule has 100 valence electrons. The molecule has 0 amide bonds. The van der Waals surface area contributed by atoms with E-state index >= 15 is 0 Å². The number of nitro groups is 1. The van der Waals surface area contributed by atoms with Crippen molar-refractivity contribution in [2.75, 3.05) is 0 Å². The van der Waals surface area contributed by atoms with Crippen molar-refractivity contribution in [1.29, 1.82) is 0 Å². The van der Waals surface area contributed by atoms with Crippen molar-refractivity contribution in [3.05, 3.63) is 49.7 Å². The van der Waals surface area contributed by atoms with Gasteiger partial charge >= 0.3 is 5.69 Å². The van der Waals surface area contributed by atoms with E-state index in [0.717, 1.165) is 10.9 Å². The summed E-state index contributed by atoms with van der Waals surface area (Å²) in [6.45, 7) is 1.94. The SMILES string of the molecule is CCCc1nn(-c2ccc(Br)cc2)c(Cl)c1[N+](=O)[O-]. The molecule has 0 radical (unpaired) electrons. The van der Waals surface area contributed by atoms with Crippen molar-refractivity contribution in [1.82, 2.24) is 9.78 Å². The molecule has 0 aliphatic rings. The Morgan fingerprint density at radius 3 is 2.58 bits per heavy atom. The standard InChI is InChI=1S/C12H11BrClN3O2/c1-2-3-10-11(17(18)19)12(14)16(15-10)9-6-4-8(13)5-7-9/h4-7H,2-3H2,1H3. The molecule has 1 aromatic carbocycles. The van der Waals surface area contributed by atoms with Crippen LogP contribution in [0.3, 0.4) is 0 Å². The van der Waals surface area contributed by atoms with Crippen LogP contribution in [0.4, 0.5) is 5.69 Å². The van der Waals surface area contributed by atoms with Gasteiger partial charge in [0.15, 0.2) is 0 Å². The van der Waals surface area contributed by atoms with E-state index in [1.54, 1.807) is 12.1 Å². The Morgan fingerprint density at radius 2 is 2.05 bits per heavy atom. The van der Waals surface area contributed by atoms with E-state index in [1.165, 1.54) is 4.68 Å². The summed E-state index contributed by atoms with van der Waals surface area (Å²) in [6, 6.07) is 7.25. The number of hydrogen-bond donors (Lipinski definition) is 0. The molecular weight excluding hydrogens is 334 g/mol. The number of aryl methyl sites for hydroxylation is 1. The molecule has 0 unspecified atom stereocenters. The van der Waals surface area contributed by atoms with Crippen LogP contribution in [-0.2, 0) is 6.42 Å². The van der Waals surface area contributed by atoms with Gasteiger partial charge in [-0.05, 0) is 30.7 Å². The second kappa shape index (κ2) is 5.71. The zero-order chi connectivity index (χ0) is 14.0. The van der Waals surface area contributed by atoms with Gasteiger partial charge in [0.25, 0.3) is 0 Å². The average molecular weight is 345 g/mol. The minimum absolute atomic E-state index is 0.0378. The van der Waals surface area contributed by atoms with Gasteiger partial charge in [-0.15, -0.1) is 0 Å². The highest BCUT2D eigenvalue weighted by molar-refractivity contribution is 9.10. The van der Waals surface area contributed by atoms with Crippen molar-refractivity contribution >= 4 is 33.2 Å². The van der Waals surface area contributed by atoms with Gasteiger partial charge < -0.3 is 0 Å². The molecule has 7 heteroatoms. The molecule has 2 rings (SSSR count). The monoisotopic (exact) mass is 343 g/mol. The van der Waals surface area contributed by atoms with E-state index in [-0.39, 0.29) is 10.8 Å². The number of hydrogen-bond acceptors (Lipinski definition) is 3. The Hall–Kier alpha value is -1.40.